The number of hydrogen-bond acceptors (Lipinski definition) is 8. The number of anilines is 2. The second-order valence-electron chi connectivity index (χ2n) is 5.25. The van der Waals surface area contributed by atoms with E-state index in [1.54, 1.807) is 12.5 Å². The average molecular weight is 340 g/mol. The molecule has 0 fully saturated rings. The van der Waals surface area contributed by atoms with Crippen LogP contribution in [0.2, 0.25) is 0 Å². The Hall–Kier alpha value is -3.16. The molecule has 0 bridgehead atoms. The molecule has 1 atom stereocenters. The number of aromatic nitrogens is 4. The second-order valence-corrected chi connectivity index (χ2v) is 5.25. The van der Waals surface area contributed by atoms with Crippen molar-refractivity contribution in [2.45, 2.75) is 26.4 Å². The first-order valence-corrected chi connectivity index (χ1v) is 8.07. The largest absolute Gasteiger partial charge is 0.467 e. The Bertz CT molecular complexity index is 779. The van der Waals surface area contributed by atoms with Gasteiger partial charge in [0.1, 0.15) is 5.76 Å². The molecule has 3 heterocycles. The van der Waals surface area contributed by atoms with Gasteiger partial charge in [-0.3, -0.25) is 4.98 Å². The van der Waals surface area contributed by atoms with Crippen LogP contribution in [-0.4, -0.2) is 26.5 Å². The molecule has 0 spiro atoms. The molecule has 0 radical (unpaired) electrons. The van der Waals surface area contributed by atoms with E-state index in [9.17, 15) is 0 Å². The maximum Gasteiger partial charge on any atom is 0.323 e. The molecular formula is C17H20N6O2. The maximum absolute atomic E-state index is 5.43. The molecule has 1 unspecified atom stereocenters. The van der Waals surface area contributed by atoms with Gasteiger partial charge in [-0.15, -0.1) is 0 Å². The molecule has 3 rings (SSSR count). The van der Waals surface area contributed by atoms with Gasteiger partial charge in [0.15, 0.2) is 0 Å². The number of rotatable bonds is 8. The minimum absolute atomic E-state index is 0.0593. The Labute approximate surface area is 145 Å². The molecule has 0 amide bonds. The summed E-state index contributed by atoms with van der Waals surface area (Å²) in [5.74, 6) is 1.61. The van der Waals surface area contributed by atoms with Crippen LogP contribution >= 0.6 is 0 Å². The van der Waals surface area contributed by atoms with Gasteiger partial charge in [0.2, 0.25) is 11.9 Å². The van der Waals surface area contributed by atoms with Gasteiger partial charge in [0.05, 0.1) is 31.2 Å². The Balaban J connectivity index is 1.75. The number of nitrogens with zero attached hydrogens (tertiary/aromatic N) is 4. The van der Waals surface area contributed by atoms with Crippen molar-refractivity contribution in [2.24, 2.45) is 0 Å². The van der Waals surface area contributed by atoms with Gasteiger partial charge in [0.25, 0.3) is 0 Å². The molecule has 130 valence electrons. The van der Waals surface area contributed by atoms with E-state index in [1.807, 2.05) is 44.2 Å². The number of pyridine rings is 1. The molecule has 3 aromatic rings. The molecule has 25 heavy (non-hydrogen) atoms. The van der Waals surface area contributed by atoms with Crippen molar-refractivity contribution in [2.75, 3.05) is 17.2 Å². The molecule has 0 aliphatic heterocycles. The van der Waals surface area contributed by atoms with Gasteiger partial charge in [-0.25, -0.2) is 0 Å². The molecule has 0 aliphatic rings. The molecule has 0 aromatic carbocycles. The highest BCUT2D eigenvalue weighted by Gasteiger charge is 2.12. The maximum atomic E-state index is 5.43. The van der Waals surface area contributed by atoms with Crippen LogP contribution in [0.3, 0.4) is 0 Å². The highest BCUT2D eigenvalue weighted by molar-refractivity contribution is 5.37. The van der Waals surface area contributed by atoms with Crippen molar-refractivity contribution in [3.05, 3.63) is 54.2 Å². The molecule has 0 saturated heterocycles. The lowest BCUT2D eigenvalue weighted by molar-refractivity contribution is 0.312. The average Bonchev–Trinajstić information content (AvgIpc) is 3.14. The van der Waals surface area contributed by atoms with Crippen LogP contribution in [0, 0.1) is 0 Å². The normalized spacial score (nSPS) is 11.8. The number of nitrogens with one attached hydrogen (secondary N) is 2. The monoisotopic (exact) mass is 340 g/mol. The molecule has 8 nitrogen and oxygen atoms in total. The Kier molecular flexibility index (Phi) is 5.40. The predicted octanol–water partition coefficient (Wildman–Crippen LogP) is 3.04. The van der Waals surface area contributed by atoms with Gasteiger partial charge in [-0.1, -0.05) is 6.07 Å². The third-order valence-corrected chi connectivity index (χ3v) is 3.37. The molecule has 0 saturated carbocycles. The van der Waals surface area contributed by atoms with Gasteiger partial charge < -0.3 is 19.8 Å². The van der Waals surface area contributed by atoms with Crippen LogP contribution in [0.4, 0.5) is 11.9 Å². The second kappa shape index (κ2) is 8.09. The van der Waals surface area contributed by atoms with E-state index in [-0.39, 0.29) is 12.1 Å². The van der Waals surface area contributed by atoms with Crippen LogP contribution in [0.5, 0.6) is 6.01 Å². The standard InChI is InChI=1S/C17H20N6O2/c1-3-24-17-22-15(19-11-13-7-6-10-25-13)21-16(23-17)20-12(2)14-8-4-5-9-18-14/h4-10,12H,3,11H2,1-2H3,(H2,19,20,21,22,23). The Morgan fingerprint density at radius 1 is 1.12 bits per heavy atom. The number of hydrogen-bond donors (Lipinski definition) is 2. The van der Waals surface area contributed by atoms with Crippen molar-refractivity contribution >= 4 is 11.9 Å². The van der Waals surface area contributed by atoms with E-state index in [0.29, 0.717) is 25.0 Å². The van der Waals surface area contributed by atoms with Crippen LogP contribution in [0.15, 0.2) is 47.2 Å². The number of ether oxygens (including phenoxy) is 1. The van der Waals surface area contributed by atoms with Crippen LogP contribution in [-0.2, 0) is 6.54 Å². The highest BCUT2D eigenvalue weighted by atomic mass is 16.5. The van der Waals surface area contributed by atoms with E-state index < -0.39 is 0 Å². The van der Waals surface area contributed by atoms with Gasteiger partial charge >= 0.3 is 6.01 Å². The van der Waals surface area contributed by atoms with Gasteiger partial charge in [0, 0.05) is 6.20 Å². The quantitative estimate of drug-likeness (QED) is 0.646. The van der Waals surface area contributed by atoms with E-state index in [2.05, 4.69) is 30.6 Å². The third-order valence-electron chi connectivity index (χ3n) is 3.37. The van der Waals surface area contributed by atoms with Gasteiger partial charge in [-0.2, -0.15) is 15.0 Å². The summed E-state index contributed by atoms with van der Waals surface area (Å²) >= 11 is 0. The predicted molar refractivity (Wildman–Crippen MR) is 93.3 cm³/mol. The van der Waals surface area contributed by atoms with Crippen LogP contribution in [0.25, 0.3) is 0 Å². The lowest BCUT2D eigenvalue weighted by Crippen LogP contribution is -2.14. The fraction of sp³-hybridized carbons (Fsp3) is 0.294. The zero-order valence-electron chi connectivity index (χ0n) is 14.1. The first-order valence-electron chi connectivity index (χ1n) is 8.07. The summed E-state index contributed by atoms with van der Waals surface area (Å²) in [6.45, 7) is 4.81. The topological polar surface area (TPSA) is 98.0 Å². The van der Waals surface area contributed by atoms with Crippen molar-refractivity contribution < 1.29 is 9.15 Å². The summed E-state index contributed by atoms with van der Waals surface area (Å²) in [4.78, 5) is 17.3. The lowest BCUT2D eigenvalue weighted by atomic mass is 10.2. The summed E-state index contributed by atoms with van der Waals surface area (Å²) in [5.41, 5.74) is 0.894. The molecular weight excluding hydrogens is 320 g/mol. The fourth-order valence-electron chi connectivity index (χ4n) is 2.17. The van der Waals surface area contributed by atoms with E-state index in [0.717, 1.165) is 11.5 Å². The van der Waals surface area contributed by atoms with Crippen molar-refractivity contribution in [3.8, 4) is 6.01 Å². The highest BCUT2D eigenvalue weighted by Crippen LogP contribution is 2.18. The molecule has 3 aromatic heterocycles. The van der Waals surface area contributed by atoms with E-state index in [1.165, 1.54) is 0 Å². The van der Waals surface area contributed by atoms with Crippen LogP contribution in [0.1, 0.15) is 31.3 Å². The fourth-order valence-corrected chi connectivity index (χ4v) is 2.17. The van der Waals surface area contributed by atoms with E-state index >= 15 is 0 Å². The summed E-state index contributed by atoms with van der Waals surface area (Å²) in [7, 11) is 0. The smallest absolute Gasteiger partial charge is 0.323 e. The van der Waals surface area contributed by atoms with Crippen molar-refractivity contribution in [3.63, 3.8) is 0 Å². The molecule has 8 heteroatoms. The lowest BCUT2D eigenvalue weighted by Gasteiger charge is -2.14. The minimum atomic E-state index is -0.0593. The Morgan fingerprint density at radius 3 is 2.72 bits per heavy atom. The summed E-state index contributed by atoms with van der Waals surface area (Å²) in [5, 5.41) is 6.33. The van der Waals surface area contributed by atoms with Gasteiger partial charge in [-0.05, 0) is 38.1 Å². The first kappa shape index (κ1) is 16.7. The number of furan rings is 1. The third kappa shape index (κ3) is 4.66. The summed E-state index contributed by atoms with van der Waals surface area (Å²) in [6, 6.07) is 9.67. The zero-order chi connectivity index (χ0) is 17.5. The molecule has 2 N–H and O–H groups in total. The van der Waals surface area contributed by atoms with Crippen molar-refractivity contribution in [1.29, 1.82) is 0 Å². The summed E-state index contributed by atoms with van der Waals surface area (Å²) in [6.07, 6.45) is 3.38. The van der Waals surface area contributed by atoms with Crippen molar-refractivity contribution in [1.82, 2.24) is 19.9 Å². The van der Waals surface area contributed by atoms with Crippen LogP contribution < -0.4 is 15.4 Å². The SMILES string of the molecule is CCOc1nc(NCc2ccco2)nc(NC(C)c2ccccn2)n1. The summed E-state index contributed by atoms with van der Waals surface area (Å²) < 4.78 is 10.7. The Morgan fingerprint density at radius 2 is 2.00 bits per heavy atom. The molecule has 0 aliphatic carbocycles. The minimum Gasteiger partial charge on any atom is -0.467 e. The zero-order valence-corrected chi connectivity index (χ0v) is 14.1. The van der Waals surface area contributed by atoms with E-state index in [4.69, 9.17) is 9.15 Å². The first-order chi connectivity index (χ1) is 12.2.